The molecule has 1 heterocycles. The van der Waals surface area contributed by atoms with E-state index in [0.29, 0.717) is 23.9 Å². The first-order valence-electron chi connectivity index (χ1n) is 5.52. The third-order valence-corrected chi connectivity index (χ3v) is 3.17. The van der Waals surface area contributed by atoms with Crippen molar-refractivity contribution in [3.05, 3.63) is 17.8 Å². The van der Waals surface area contributed by atoms with Crippen LogP contribution in [0.3, 0.4) is 0 Å². The number of aryl methyl sites for hydroxylation is 1. The van der Waals surface area contributed by atoms with E-state index in [9.17, 15) is 4.79 Å². The smallest absolute Gasteiger partial charge is 0.291 e. The van der Waals surface area contributed by atoms with E-state index in [1.807, 2.05) is 0 Å². The second-order valence-electron chi connectivity index (χ2n) is 4.32. The van der Waals surface area contributed by atoms with E-state index in [1.165, 1.54) is 6.39 Å². The highest BCUT2D eigenvalue weighted by Gasteiger charge is 2.36. The fourth-order valence-electron chi connectivity index (χ4n) is 1.97. The van der Waals surface area contributed by atoms with Gasteiger partial charge in [0.2, 0.25) is 5.76 Å². The minimum atomic E-state index is -0.127. The Morgan fingerprint density at radius 1 is 1.75 bits per heavy atom. The molecule has 1 unspecified atom stereocenters. The summed E-state index contributed by atoms with van der Waals surface area (Å²) in [6, 6.07) is 0.122. The van der Waals surface area contributed by atoms with Crippen LogP contribution in [0.2, 0.25) is 0 Å². The van der Waals surface area contributed by atoms with Crippen LogP contribution in [0.1, 0.15) is 29.1 Å². The number of likely N-dealkylation sites (N-methyl/N-ethyl adjacent to an activating group) is 1. The van der Waals surface area contributed by atoms with Gasteiger partial charge < -0.3 is 15.1 Å². The minimum Gasteiger partial charge on any atom is -0.438 e. The summed E-state index contributed by atoms with van der Waals surface area (Å²) < 4.78 is 5.10. The molecule has 16 heavy (non-hydrogen) atoms. The van der Waals surface area contributed by atoms with Gasteiger partial charge in [0, 0.05) is 19.6 Å². The summed E-state index contributed by atoms with van der Waals surface area (Å²) >= 11 is 0. The highest BCUT2D eigenvalue weighted by Crippen LogP contribution is 2.35. The largest absolute Gasteiger partial charge is 0.438 e. The Bertz CT molecular complexity index is 384. The molecule has 1 aromatic heterocycles. The molecule has 1 amide bonds. The lowest BCUT2D eigenvalue weighted by Crippen LogP contribution is -2.43. The van der Waals surface area contributed by atoms with E-state index in [0.717, 1.165) is 12.8 Å². The number of carbonyl (C=O) groups is 1. The topological polar surface area (TPSA) is 72.4 Å². The fourth-order valence-corrected chi connectivity index (χ4v) is 1.97. The molecule has 88 valence electrons. The normalized spacial score (nSPS) is 17.2. The Kier molecular flexibility index (Phi) is 2.96. The van der Waals surface area contributed by atoms with Crippen LogP contribution < -0.4 is 5.73 Å². The van der Waals surface area contributed by atoms with Gasteiger partial charge in [-0.1, -0.05) is 0 Å². The fraction of sp³-hybridized carbons (Fsp3) is 0.636. The maximum absolute atomic E-state index is 12.1. The lowest BCUT2D eigenvalue weighted by molar-refractivity contribution is 0.0685. The number of amides is 1. The number of oxazole rings is 1. The molecule has 0 spiro atoms. The summed E-state index contributed by atoms with van der Waals surface area (Å²) in [5.74, 6) is 0.751. The Hall–Kier alpha value is -1.36. The number of aromatic nitrogens is 1. The van der Waals surface area contributed by atoms with Crippen LogP contribution in [0.15, 0.2) is 10.8 Å². The number of nitrogens with zero attached hydrogens (tertiary/aromatic N) is 2. The van der Waals surface area contributed by atoms with Gasteiger partial charge in [0.15, 0.2) is 6.39 Å². The molecule has 0 aromatic carbocycles. The number of nitrogens with two attached hydrogens (primary N) is 1. The van der Waals surface area contributed by atoms with Crippen molar-refractivity contribution < 1.29 is 9.21 Å². The van der Waals surface area contributed by atoms with Crippen molar-refractivity contribution in [1.82, 2.24) is 9.88 Å². The zero-order chi connectivity index (χ0) is 11.7. The quantitative estimate of drug-likeness (QED) is 0.819. The van der Waals surface area contributed by atoms with Gasteiger partial charge in [-0.05, 0) is 25.7 Å². The van der Waals surface area contributed by atoms with Crippen LogP contribution in [0.4, 0.5) is 0 Å². The van der Waals surface area contributed by atoms with Crippen LogP contribution >= 0.6 is 0 Å². The first kappa shape index (κ1) is 11.1. The van der Waals surface area contributed by atoms with E-state index in [2.05, 4.69) is 4.98 Å². The van der Waals surface area contributed by atoms with Crippen LogP contribution in [-0.2, 0) is 0 Å². The van der Waals surface area contributed by atoms with Crippen molar-refractivity contribution in [1.29, 1.82) is 0 Å². The van der Waals surface area contributed by atoms with E-state index in [4.69, 9.17) is 10.2 Å². The lowest BCUT2D eigenvalue weighted by atomic mass is 10.1. The summed E-state index contributed by atoms with van der Waals surface area (Å²) in [5.41, 5.74) is 6.33. The Labute approximate surface area is 94.6 Å². The van der Waals surface area contributed by atoms with Crippen molar-refractivity contribution in [2.45, 2.75) is 25.8 Å². The third kappa shape index (κ3) is 1.95. The SMILES string of the molecule is Cc1ncoc1C(=O)N(C)C(CN)C1CC1. The monoisotopic (exact) mass is 223 g/mol. The first-order chi connectivity index (χ1) is 7.65. The number of rotatable bonds is 4. The molecule has 1 aliphatic rings. The third-order valence-electron chi connectivity index (χ3n) is 3.17. The first-order valence-corrected chi connectivity index (χ1v) is 5.52. The molecule has 1 saturated carbocycles. The Balaban J connectivity index is 2.11. The summed E-state index contributed by atoms with van der Waals surface area (Å²) in [6.45, 7) is 2.26. The standard InChI is InChI=1S/C11H17N3O2/c1-7-10(16-6-13-7)11(15)14(2)9(5-12)8-3-4-8/h6,8-9H,3-5,12H2,1-2H3. The van der Waals surface area contributed by atoms with E-state index in [1.54, 1.807) is 18.9 Å². The summed E-state index contributed by atoms with van der Waals surface area (Å²) in [6.07, 6.45) is 3.62. The van der Waals surface area contributed by atoms with Gasteiger partial charge in [0.25, 0.3) is 5.91 Å². The molecular formula is C11H17N3O2. The van der Waals surface area contributed by atoms with Gasteiger partial charge in [0.1, 0.15) is 0 Å². The minimum absolute atomic E-state index is 0.122. The van der Waals surface area contributed by atoms with E-state index >= 15 is 0 Å². The van der Waals surface area contributed by atoms with Crippen molar-refractivity contribution in [2.24, 2.45) is 11.7 Å². The molecule has 0 bridgehead atoms. The van der Waals surface area contributed by atoms with Crippen LogP contribution in [-0.4, -0.2) is 35.4 Å². The number of hydrogen-bond acceptors (Lipinski definition) is 4. The molecule has 2 rings (SSSR count). The molecule has 0 radical (unpaired) electrons. The van der Waals surface area contributed by atoms with Gasteiger partial charge in [-0.3, -0.25) is 4.79 Å². The lowest BCUT2D eigenvalue weighted by Gasteiger charge is -2.26. The van der Waals surface area contributed by atoms with Gasteiger partial charge >= 0.3 is 0 Å². The maximum Gasteiger partial charge on any atom is 0.291 e. The molecule has 0 saturated heterocycles. The molecule has 0 aliphatic heterocycles. The molecule has 5 heteroatoms. The van der Waals surface area contributed by atoms with Crippen molar-refractivity contribution in [2.75, 3.05) is 13.6 Å². The average Bonchev–Trinajstić information content (AvgIpc) is 3.01. The van der Waals surface area contributed by atoms with Gasteiger partial charge in [-0.2, -0.15) is 0 Å². The second kappa shape index (κ2) is 4.25. The number of hydrogen-bond donors (Lipinski definition) is 1. The Morgan fingerprint density at radius 2 is 2.44 bits per heavy atom. The Morgan fingerprint density at radius 3 is 2.88 bits per heavy atom. The van der Waals surface area contributed by atoms with Crippen molar-refractivity contribution >= 4 is 5.91 Å². The number of carbonyl (C=O) groups excluding carboxylic acids is 1. The predicted octanol–water partition coefficient (Wildman–Crippen LogP) is 0.792. The van der Waals surface area contributed by atoms with Crippen molar-refractivity contribution in [3.8, 4) is 0 Å². The highest BCUT2D eigenvalue weighted by atomic mass is 16.3. The van der Waals surface area contributed by atoms with Crippen molar-refractivity contribution in [3.63, 3.8) is 0 Å². The van der Waals surface area contributed by atoms with Crippen LogP contribution in [0.25, 0.3) is 0 Å². The zero-order valence-electron chi connectivity index (χ0n) is 9.64. The van der Waals surface area contributed by atoms with Gasteiger partial charge in [-0.25, -0.2) is 4.98 Å². The van der Waals surface area contributed by atoms with Gasteiger partial charge in [0.05, 0.1) is 5.69 Å². The molecule has 1 aliphatic carbocycles. The van der Waals surface area contributed by atoms with Crippen LogP contribution in [0, 0.1) is 12.8 Å². The summed E-state index contributed by atoms with van der Waals surface area (Å²) in [5, 5.41) is 0. The summed E-state index contributed by atoms with van der Waals surface area (Å²) in [7, 11) is 1.78. The molecular weight excluding hydrogens is 206 g/mol. The molecule has 1 fully saturated rings. The molecule has 5 nitrogen and oxygen atoms in total. The van der Waals surface area contributed by atoms with E-state index in [-0.39, 0.29) is 11.9 Å². The maximum atomic E-state index is 12.1. The average molecular weight is 223 g/mol. The zero-order valence-corrected chi connectivity index (χ0v) is 9.64. The highest BCUT2D eigenvalue weighted by molar-refractivity contribution is 5.92. The molecule has 1 atom stereocenters. The van der Waals surface area contributed by atoms with Gasteiger partial charge in [-0.15, -0.1) is 0 Å². The second-order valence-corrected chi connectivity index (χ2v) is 4.32. The predicted molar refractivity (Wildman–Crippen MR) is 58.9 cm³/mol. The molecule has 1 aromatic rings. The van der Waals surface area contributed by atoms with E-state index < -0.39 is 0 Å². The van der Waals surface area contributed by atoms with Crippen LogP contribution in [0.5, 0.6) is 0 Å². The summed E-state index contributed by atoms with van der Waals surface area (Å²) in [4.78, 5) is 17.7. The molecule has 2 N–H and O–H groups in total.